The lowest BCUT2D eigenvalue weighted by Crippen LogP contribution is -2.35. The number of para-hydroxylation sites is 3. The van der Waals surface area contributed by atoms with Gasteiger partial charge in [0.25, 0.3) is 17.5 Å². The molecule has 13 aromatic rings. The van der Waals surface area contributed by atoms with E-state index in [4.69, 9.17) is 24.8 Å². The highest BCUT2D eigenvalue weighted by atomic mass is 32.2. The van der Waals surface area contributed by atoms with Crippen LogP contribution in [-0.4, -0.2) is 105 Å². The number of fused-ring (bicyclic) bond motifs is 2. The number of nitrogens with one attached hydrogen (secondary N) is 2. The third-order valence-electron chi connectivity index (χ3n) is 16.7. The van der Waals surface area contributed by atoms with Gasteiger partial charge >= 0.3 is 11.1 Å². The molecule has 6 N–H and O–H groups in total. The quantitative estimate of drug-likeness (QED) is 0.0134. The summed E-state index contributed by atoms with van der Waals surface area (Å²) in [6.45, 7) is 14.3. The van der Waals surface area contributed by atoms with E-state index in [0.29, 0.717) is 77.6 Å². The summed E-state index contributed by atoms with van der Waals surface area (Å²) in [5.41, 5.74) is 6.95. The molecule has 0 spiro atoms. The molecule has 26 nitrogen and oxygen atoms in total. The molecule has 9 aromatic carbocycles. The molecular weight excluding hydrogens is 1400 g/mol. The zero-order valence-corrected chi connectivity index (χ0v) is 62.0. The predicted molar refractivity (Wildman–Crippen MR) is 411 cm³/mol. The average molecular weight is 1480 g/mol. The lowest BCUT2D eigenvalue weighted by atomic mass is 10.0. The number of nitro benzene ring substituents is 1. The van der Waals surface area contributed by atoms with E-state index in [1.54, 1.807) is 76.7 Å². The van der Waals surface area contributed by atoms with Gasteiger partial charge in [0.05, 0.1) is 61.2 Å². The van der Waals surface area contributed by atoms with Crippen molar-refractivity contribution in [2.45, 2.75) is 115 Å². The molecule has 0 saturated carbocycles. The summed E-state index contributed by atoms with van der Waals surface area (Å²) in [6, 6.07) is 56.2. The number of carboxylic acids is 1. The monoisotopic (exact) mass is 1480 g/mol. The maximum atomic E-state index is 13.6. The highest BCUT2D eigenvalue weighted by molar-refractivity contribution is 7.98. The number of aromatic nitrogens is 12. The second-order valence-corrected chi connectivity index (χ2v) is 26.3. The van der Waals surface area contributed by atoms with Crippen LogP contribution in [0, 0.1) is 30.9 Å². The Morgan fingerprint density at radius 2 is 1.05 bits per heavy atom. The van der Waals surface area contributed by atoms with Gasteiger partial charge in [0.1, 0.15) is 41.5 Å². The number of non-ortho nitro benzene ring substituents is 1. The highest BCUT2D eigenvalue weighted by Crippen LogP contribution is 2.44. The van der Waals surface area contributed by atoms with Gasteiger partial charge in [-0.15, -0.1) is 5.10 Å². The normalized spacial score (nSPS) is 10.8. The number of aryl methyl sites for hydroxylation is 4. The Kier molecular flexibility index (Phi) is 26.6. The molecule has 13 rings (SSSR count). The van der Waals surface area contributed by atoms with E-state index >= 15 is 0 Å². The fourth-order valence-corrected chi connectivity index (χ4v) is 13.1. The van der Waals surface area contributed by atoms with Gasteiger partial charge in [0, 0.05) is 68.5 Å². The molecule has 4 heterocycles. The van der Waals surface area contributed by atoms with Crippen molar-refractivity contribution in [3.05, 3.63) is 243 Å². The first-order chi connectivity index (χ1) is 51.8. The Morgan fingerprint density at radius 3 is 1.57 bits per heavy atom. The van der Waals surface area contributed by atoms with Gasteiger partial charge in [-0.2, -0.15) is 14.9 Å². The van der Waals surface area contributed by atoms with Crippen LogP contribution < -0.4 is 24.8 Å². The van der Waals surface area contributed by atoms with Gasteiger partial charge < -0.3 is 40.5 Å². The molecule has 0 aliphatic rings. The number of carboxylic acid groups (broad SMARTS) is 1. The smallest absolute Gasteiger partial charge is 0.363 e. The fourth-order valence-electron chi connectivity index (χ4n) is 11.1. The number of amides is 2. The summed E-state index contributed by atoms with van der Waals surface area (Å²) in [5, 5.41) is 91.7. The zero-order valence-electron chi connectivity index (χ0n) is 60.3. The summed E-state index contributed by atoms with van der Waals surface area (Å²) in [4.78, 5) is 50.1. The van der Waals surface area contributed by atoms with E-state index in [-0.39, 0.29) is 64.4 Å². The van der Waals surface area contributed by atoms with Crippen LogP contribution in [0.2, 0.25) is 0 Å². The molecule has 0 aliphatic heterocycles. The number of carbonyl (C=O) groups excluding carboxylic acids is 2. The number of tetrazole rings is 2. The van der Waals surface area contributed by atoms with Crippen molar-refractivity contribution in [2.24, 2.45) is 7.05 Å². The minimum absolute atomic E-state index is 0.0877. The molecule has 0 atom stereocenters. The van der Waals surface area contributed by atoms with Crippen molar-refractivity contribution >= 4 is 74.2 Å². The summed E-state index contributed by atoms with van der Waals surface area (Å²) < 4.78 is 19.9. The Hall–Kier alpha value is -12.4. The van der Waals surface area contributed by atoms with Gasteiger partial charge in [0.15, 0.2) is 0 Å². The van der Waals surface area contributed by atoms with Crippen molar-refractivity contribution in [2.75, 3.05) is 11.9 Å². The van der Waals surface area contributed by atoms with Crippen LogP contribution in [0.25, 0.3) is 44.3 Å². The second kappa shape index (κ2) is 36.8. The number of anilines is 1. The largest absolute Gasteiger partial charge is 0.508 e. The maximum Gasteiger partial charge on any atom is 0.363 e. The van der Waals surface area contributed by atoms with Crippen molar-refractivity contribution in [3.8, 4) is 63.3 Å². The number of nitrogens with zero attached hydrogens (tertiary/aromatic N) is 13. The van der Waals surface area contributed by atoms with Crippen LogP contribution in [0.3, 0.4) is 0 Å². The van der Waals surface area contributed by atoms with Gasteiger partial charge in [-0.05, 0) is 132 Å². The number of phenolic OH excluding ortho intramolecular Hbond substituents is 3. The summed E-state index contributed by atoms with van der Waals surface area (Å²) in [6.07, 6.45) is 7.84. The Labute approximate surface area is 625 Å². The number of carbonyl (C=O) groups is 3. The molecular formula is C79H82N15O11S2+. The minimum Gasteiger partial charge on any atom is -0.508 e. The van der Waals surface area contributed by atoms with E-state index in [9.17, 15) is 39.8 Å². The standard InChI is InChI=1S/C37H31N7O3S.C32H26N8O8S.2C5H12/c1-24-14-10-13-21-32(24)38-35(46)30-22-33(28-19-11-12-20-29(28)34(30)45)47-36-31(25(2)39-43(36)26-15-6-4-7-16-26)23-48-37-40-42(3)41-44(37)27-17-8-5-9-18-27;1-18-26(17-49-32-34-36-37-39(32)20-10-12-22(41)13-11-20)31(38(35-18)19-6-8-21(9-7-19)40(46)47)48-27-16-25(30(45)33-15-14-28(42)43)29(44)24-5-3-2-4-23(24)27;2*1-3-5-4-2/h4-22H,23H2,1-3H3,(H-,38,45,46);2-13,16,41,44H,14-15,17H2,1H3,(H,33,45)(H,42,43);2*3-5H2,1-2H3/p+1. The van der Waals surface area contributed by atoms with Gasteiger partial charge in [-0.3, -0.25) is 24.5 Å². The van der Waals surface area contributed by atoms with Crippen LogP contribution in [0.1, 0.15) is 121 Å². The summed E-state index contributed by atoms with van der Waals surface area (Å²) in [7, 11) is 1.79. The number of hydrogen-bond donors (Lipinski definition) is 6. The van der Waals surface area contributed by atoms with E-state index in [0.717, 1.165) is 28.2 Å². The molecule has 107 heavy (non-hydrogen) atoms. The minimum atomic E-state index is -1.09. The number of hydrogen-bond acceptors (Lipinski definition) is 19. The van der Waals surface area contributed by atoms with Crippen molar-refractivity contribution in [3.63, 3.8) is 0 Å². The average Bonchev–Trinajstić information content (AvgIpc) is 1.76. The van der Waals surface area contributed by atoms with Crippen molar-refractivity contribution < 1.29 is 53.9 Å². The van der Waals surface area contributed by atoms with E-state index < -0.39 is 22.7 Å². The Bertz CT molecular complexity index is 5220. The maximum absolute atomic E-state index is 13.6. The zero-order chi connectivity index (χ0) is 76.1. The van der Waals surface area contributed by atoms with E-state index in [1.807, 2.05) is 117 Å². The number of ether oxygens (including phenoxy) is 2. The number of benzene rings is 9. The second-order valence-electron chi connectivity index (χ2n) is 24.5. The number of thioether (sulfide) groups is 2. The summed E-state index contributed by atoms with van der Waals surface area (Å²) in [5.74, 6) is -0.595. The van der Waals surface area contributed by atoms with Gasteiger partial charge in [-0.1, -0.05) is 186 Å². The molecule has 0 fully saturated rings. The number of unbranched alkanes of at least 4 members (excludes halogenated alkanes) is 4. The first kappa shape index (κ1) is 77.2. The lowest BCUT2D eigenvalue weighted by molar-refractivity contribution is -0.698. The van der Waals surface area contributed by atoms with Crippen molar-refractivity contribution in [1.29, 1.82) is 0 Å². The first-order valence-corrected chi connectivity index (χ1v) is 36.7. The number of rotatable bonds is 25. The Balaban J connectivity index is 0.000000203. The molecule has 28 heteroatoms. The molecule has 0 unspecified atom stereocenters. The molecule has 0 aliphatic carbocycles. The van der Waals surface area contributed by atoms with Gasteiger partial charge in [-0.25, -0.2) is 9.36 Å². The fraction of sp³-hybridized carbons (Fsp3) is 0.228. The van der Waals surface area contributed by atoms with E-state index in [2.05, 4.69) is 64.2 Å². The topological polar surface area (TPSA) is 332 Å². The highest BCUT2D eigenvalue weighted by Gasteiger charge is 2.29. The molecule has 4 aromatic heterocycles. The third kappa shape index (κ3) is 19.1. The number of phenols is 3. The molecule has 0 saturated heterocycles. The van der Waals surface area contributed by atoms with Gasteiger partial charge in [0.2, 0.25) is 16.9 Å². The van der Waals surface area contributed by atoms with Crippen LogP contribution >= 0.6 is 23.5 Å². The SMILES string of the molecule is CCCCC.CCCCC.Cc1ccccc1NC(=O)c1cc(Oc2c(CSc3nn(C)n[n+]3-c3ccccc3)c(C)nn2-c2ccccc2)c2ccccc2c1O.Cc1nn(-c2ccc([N+](=O)[O-])cc2)c(Oc2cc(C(=O)NCCC(=O)O)c(O)c3ccccc23)c1CSc1nnnn1-c1ccc(O)cc1. The lowest BCUT2D eigenvalue weighted by Gasteiger charge is -2.16. The molecule has 0 radical (unpaired) electrons. The van der Waals surface area contributed by atoms with Crippen molar-refractivity contribution in [1.82, 2.24) is 60.2 Å². The van der Waals surface area contributed by atoms with Crippen LogP contribution in [-0.2, 0) is 23.3 Å². The first-order valence-electron chi connectivity index (χ1n) is 34.7. The molecule has 2 amide bonds. The van der Waals surface area contributed by atoms with Crippen LogP contribution in [0.15, 0.2) is 204 Å². The Morgan fingerprint density at radius 1 is 0.570 bits per heavy atom. The molecule has 0 bridgehead atoms. The van der Waals surface area contributed by atoms with Crippen LogP contribution in [0.5, 0.6) is 40.5 Å². The van der Waals surface area contributed by atoms with Crippen LogP contribution in [0.4, 0.5) is 11.4 Å². The number of nitro groups is 1. The molecule has 550 valence electrons. The van der Waals surface area contributed by atoms with E-state index in [1.165, 1.54) is 114 Å². The number of aliphatic carboxylic acids is 1. The predicted octanol–water partition coefficient (Wildman–Crippen LogP) is 16.4. The third-order valence-corrected chi connectivity index (χ3v) is 18.6. The summed E-state index contributed by atoms with van der Waals surface area (Å²) >= 11 is 2.79. The number of aromatic hydroxyl groups is 3.